The smallest absolute Gasteiger partial charge is 0.318 e. The number of aromatic nitrogens is 1. The molecule has 0 spiro atoms. The first-order chi connectivity index (χ1) is 17.5. The van der Waals surface area contributed by atoms with Gasteiger partial charge in [0, 0.05) is 42.0 Å². The van der Waals surface area contributed by atoms with Crippen molar-refractivity contribution >= 4 is 27.9 Å². The second-order valence-corrected chi connectivity index (χ2v) is 10.9. The minimum Gasteiger partial charge on any atom is -0.345 e. The quantitative estimate of drug-likeness (QED) is 0.302. The van der Waals surface area contributed by atoms with Crippen LogP contribution in [0.25, 0.3) is 0 Å². The van der Waals surface area contributed by atoms with Crippen molar-refractivity contribution in [3.63, 3.8) is 0 Å². The van der Waals surface area contributed by atoms with Gasteiger partial charge in [0.1, 0.15) is 6.54 Å². The van der Waals surface area contributed by atoms with E-state index in [4.69, 9.17) is 0 Å². The van der Waals surface area contributed by atoms with Gasteiger partial charge in [0.25, 0.3) is 0 Å². The zero-order chi connectivity index (χ0) is 25.8. The van der Waals surface area contributed by atoms with E-state index in [1.807, 2.05) is 11.0 Å². The maximum absolute atomic E-state index is 13.5. The Balaban J connectivity index is 1.67. The van der Waals surface area contributed by atoms with Crippen LogP contribution in [0.1, 0.15) is 82.9 Å². The van der Waals surface area contributed by atoms with Crippen molar-refractivity contribution in [1.82, 2.24) is 19.7 Å². The molecule has 0 saturated heterocycles. The monoisotopic (exact) mass is 558 g/mol. The van der Waals surface area contributed by atoms with Crippen LogP contribution in [0.5, 0.6) is 0 Å². The molecule has 0 atom stereocenters. The van der Waals surface area contributed by atoms with Gasteiger partial charge in [-0.1, -0.05) is 74.0 Å². The number of carbonyl (C=O) groups excluding carboxylic acids is 2. The van der Waals surface area contributed by atoms with Gasteiger partial charge in [-0.05, 0) is 55.5 Å². The lowest BCUT2D eigenvalue weighted by molar-refractivity contribution is -0.132. The van der Waals surface area contributed by atoms with Crippen LogP contribution in [0, 0.1) is 0 Å². The molecule has 1 N–H and O–H groups in total. The molecule has 0 unspecified atom stereocenters. The number of benzene rings is 1. The number of nitrogens with one attached hydrogen (secondary N) is 1. The van der Waals surface area contributed by atoms with Gasteiger partial charge in [0.2, 0.25) is 5.91 Å². The maximum Gasteiger partial charge on any atom is 0.318 e. The van der Waals surface area contributed by atoms with Gasteiger partial charge in [-0.15, -0.1) is 0 Å². The molecule has 6 nitrogen and oxygen atoms in total. The summed E-state index contributed by atoms with van der Waals surface area (Å²) in [5.41, 5.74) is 2.32. The summed E-state index contributed by atoms with van der Waals surface area (Å²) in [7, 11) is 0. The van der Waals surface area contributed by atoms with E-state index in [2.05, 4.69) is 76.2 Å². The average Bonchev–Trinajstić information content (AvgIpc) is 3.32. The molecule has 36 heavy (non-hydrogen) atoms. The molecule has 0 radical (unpaired) electrons. The Morgan fingerprint density at radius 3 is 2.31 bits per heavy atom. The van der Waals surface area contributed by atoms with Gasteiger partial charge >= 0.3 is 6.03 Å². The van der Waals surface area contributed by atoms with Gasteiger partial charge in [0.15, 0.2) is 0 Å². The van der Waals surface area contributed by atoms with Crippen LogP contribution >= 0.6 is 15.9 Å². The van der Waals surface area contributed by atoms with Crippen molar-refractivity contribution in [2.75, 3.05) is 19.6 Å². The summed E-state index contributed by atoms with van der Waals surface area (Å²) in [5, 5.41) is 3.21. The number of urea groups is 1. The summed E-state index contributed by atoms with van der Waals surface area (Å²) >= 11 is 3.50. The van der Waals surface area contributed by atoms with Crippen LogP contribution in [-0.4, -0.2) is 52.0 Å². The van der Waals surface area contributed by atoms with Crippen LogP contribution < -0.4 is 5.32 Å². The van der Waals surface area contributed by atoms with Crippen LogP contribution in [0.3, 0.4) is 0 Å². The largest absolute Gasteiger partial charge is 0.345 e. The zero-order valence-electron chi connectivity index (χ0n) is 22.1. The second kappa shape index (κ2) is 15.1. The fraction of sp³-hybridized carbons (Fsp3) is 0.586. The standard InChI is InChI=1S/C29H43BrN4O2/c1-3-5-18-33(22-27-13-10-20-32(27)21-24-14-16-25(30)17-15-24)28(35)23-34(19-6-4-2)29(36)31-26-11-8-7-9-12-26/h10,13-17,20,26H,3-9,11-12,18-19,21-23H2,1-2H3,(H,31,36). The molecule has 7 heteroatoms. The Morgan fingerprint density at radius 2 is 1.64 bits per heavy atom. The Hall–Kier alpha value is -2.28. The SMILES string of the molecule is CCCCN(Cc1cccn1Cc1ccc(Br)cc1)C(=O)CN(CCCC)C(=O)NC1CCCCC1. The summed E-state index contributed by atoms with van der Waals surface area (Å²) in [6.45, 7) is 7.02. The molecule has 1 heterocycles. The molecule has 1 fully saturated rings. The minimum atomic E-state index is -0.0854. The van der Waals surface area contributed by atoms with E-state index in [9.17, 15) is 9.59 Å². The highest BCUT2D eigenvalue weighted by atomic mass is 79.9. The van der Waals surface area contributed by atoms with Crippen LogP contribution in [0.2, 0.25) is 0 Å². The van der Waals surface area contributed by atoms with E-state index in [0.717, 1.165) is 55.2 Å². The second-order valence-electron chi connectivity index (χ2n) is 9.98. The molecular formula is C29H43BrN4O2. The molecule has 1 aliphatic carbocycles. The van der Waals surface area contributed by atoms with Crippen molar-refractivity contribution in [3.8, 4) is 0 Å². The number of amides is 3. The van der Waals surface area contributed by atoms with E-state index in [1.54, 1.807) is 4.90 Å². The normalized spacial score (nSPS) is 14.0. The summed E-state index contributed by atoms with van der Waals surface area (Å²) in [6.07, 6.45) is 11.6. The van der Waals surface area contributed by atoms with Crippen molar-refractivity contribution in [1.29, 1.82) is 0 Å². The molecule has 3 amide bonds. The predicted octanol–water partition coefficient (Wildman–Crippen LogP) is 6.57. The molecule has 198 valence electrons. The van der Waals surface area contributed by atoms with E-state index >= 15 is 0 Å². The molecule has 1 saturated carbocycles. The first-order valence-electron chi connectivity index (χ1n) is 13.7. The summed E-state index contributed by atoms with van der Waals surface area (Å²) in [6, 6.07) is 12.6. The number of carbonyl (C=O) groups is 2. The van der Waals surface area contributed by atoms with Gasteiger partial charge in [-0.2, -0.15) is 0 Å². The molecule has 0 bridgehead atoms. The number of nitrogens with zero attached hydrogens (tertiary/aromatic N) is 3. The lowest BCUT2D eigenvalue weighted by Gasteiger charge is -2.30. The highest BCUT2D eigenvalue weighted by Crippen LogP contribution is 2.18. The van der Waals surface area contributed by atoms with Crippen LogP contribution in [-0.2, 0) is 17.9 Å². The van der Waals surface area contributed by atoms with E-state index in [-0.39, 0.29) is 24.5 Å². The highest BCUT2D eigenvalue weighted by Gasteiger charge is 2.24. The Kier molecular flexibility index (Phi) is 11.9. The number of unbranched alkanes of at least 4 members (excludes halogenated alkanes) is 2. The van der Waals surface area contributed by atoms with Gasteiger partial charge < -0.3 is 19.7 Å². The van der Waals surface area contributed by atoms with E-state index in [1.165, 1.54) is 24.8 Å². The minimum absolute atomic E-state index is 0.0229. The maximum atomic E-state index is 13.5. The van der Waals surface area contributed by atoms with Crippen LogP contribution in [0.4, 0.5) is 4.79 Å². The molecule has 0 aliphatic heterocycles. The highest BCUT2D eigenvalue weighted by molar-refractivity contribution is 9.10. The number of rotatable bonds is 13. The fourth-order valence-electron chi connectivity index (χ4n) is 4.75. The number of hydrogen-bond acceptors (Lipinski definition) is 2. The number of halogens is 1. The average molecular weight is 560 g/mol. The van der Waals surface area contributed by atoms with Crippen LogP contribution in [0.15, 0.2) is 47.1 Å². The molecule has 1 aromatic carbocycles. The topological polar surface area (TPSA) is 57.6 Å². The van der Waals surface area contributed by atoms with Crippen molar-refractivity contribution in [2.45, 2.75) is 90.8 Å². The lowest BCUT2D eigenvalue weighted by atomic mass is 9.96. The number of hydrogen-bond donors (Lipinski definition) is 1. The summed E-state index contributed by atoms with van der Waals surface area (Å²) in [5.74, 6) is 0.0229. The molecular weight excluding hydrogens is 516 g/mol. The Morgan fingerprint density at radius 1 is 0.972 bits per heavy atom. The van der Waals surface area contributed by atoms with E-state index in [0.29, 0.717) is 19.6 Å². The Labute approximate surface area is 225 Å². The van der Waals surface area contributed by atoms with Gasteiger partial charge in [-0.25, -0.2) is 4.79 Å². The summed E-state index contributed by atoms with van der Waals surface area (Å²) < 4.78 is 3.27. The lowest BCUT2D eigenvalue weighted by Crippen LogP contribution is -2.50. The third kappa shape index (κ3) is 8.99. The first-order valence-corrected chi connectivity index (χ1v) is 14.5. The fourth-order valence-corrected chi connectivity index (χ4v) is 5.01. The first kappa shape index (κ1) is 28.3. The third-order valence-corrected chi connectivity index (χ3v) is 7.53. The van der Waals surface area contributed by atoms with Gasteiger partial charge in [-0.3, -0.25) is 4.79 Å². The molecule has 2 aromatic rings. The Bertz CT molecular complexity index is 937. The predicted molar refractivity (Wildman–Crippen MR) is 150 cm³/mol. The molecule has 1 aromatic heterocycles. The van der Waals surface area contributed by atoms with Crippen molar-refractivity contribution < 1.29 is 9.59 Å². The third-order valence-electron chi connectivity index (χ3n) is 7.00. The zero-order valence-corrected chi connectivity index (χ0v) is 23.6. The molecule has 3 rings (SSSR count). The van der Waals surface area contributed by atoms with E-state index < -0.39 is 0 Å². The van der Waals surface area contributed by atoms with Crippen molar-refractivity contribution in [3.05, 3.63) is 58.3 Å². The van der Waals surface area contributed by atoms with Gasteiger partial charge in [0.05, 0.1) is 6.54 Å². The summed E-state index contributed by atoms with van der Waals surface area (Å²) in [4.78, 5) is 30.3. The van der Waals surface area contributed by atoms with Crippen molar-refractivity contribution in [2.24, 2.45) is 0 Å². The molecule has 1 aliphatic rings.